The van der Waals surface area contributed by atoms with Crippen molar-refractivity contribution < 1.29 is 9.53 Å². The average Bonchev–Trinajstić information content (AvgIpc) is 2.52. The molecule has 1 aromatic carbocycles. The molecule has 2 rings (SSSR count). The first-order chi connectivity index (χ1) is 11.3. The summed E-state index contributed by atoms with van der Waals surface area (Å²) < 4.78 is 5.46. The molecule has 0 aliphatic carbocycles. The number of hydrogen-bond acceptors (Lipinski definition) is 4. The molecular weight excluding hydrogens is 302 g/mol. The normalized spacial score (nSPS) is 15.6. The minimum atomic E-state index is -0.443. The zero-order chi connectivity index (χ0) is 17.7. The fourth-order valence-electron chi connectivity index (χ4n) is 2.67. The molecule has 1 N–H and O–H groups in total. The van der Waals surface area contributed by atoms with Gasteiger partial charge >= 0.3 is 6.09 Å². The van der Waals surface area contributed by atoms with Gasteiger partial charge in [0.25, 0.3) is 0 Å². The van der Waals surface area contributed by atoms with Gasteiger partial charge in [-0.1, -0.05) is 26.0 Å². The summed E-state index contributed by atoms with van der Waals surface area (Å²) in [6.45, 7) is 14.1. The highest BCUT2D eigenvalue weighted by atomic mass is 16.6. The second kappa shape index (κ2) is 7.77. The lowest BCUT2D eigenvalue weighted by molar-refractivity contribution is 0.0240. The van der Waals surface area contributed by atoms with Crippen LogP contribution in [0.25, 0.3) is 0 Å². The van der Waals surface area contributed by atoms with Crippen molar-refractivity contribution in [1.82, 2.24) is 4.90 Å². The summed E-state index contributed by atoms with van der Waals surface area (Å²) in [7, 11) is 0. The standard InChI is InChI=1S/C19H31N3O2/c1-15(2)14-20-16-8-6-7-9-17(16)21-10-12-22(13-11-21)18(23)24-19(3,4)5/h6-9,15,20H,10-14H2,1-5H3. The topological polar surface area (TPSA) is 44.8 Å². The Balaban J connectivity index is 1.96. The van der Waals surface area contributed by atoms with Gasteiger partial charge in [-0.05, 0) is 38.8 Å². The summed E-state index contributed by atoms with van der Waals surface area (Å²) in [6.07, 6.45) is -0.214. The predicted octanol–water partition coefficient (Wildman–Crippen LogP) is 3.81. The SMILES string of the molecule is CC(C)CNc1ccccc1N1CCN(C(=O)OC(C)(C)C)CC1. The lowest BCUT2D eigenvalue weighted by atomic mass is 10.2. The van der Waals surface area contributed by atoms with Crippen LogP contribution in [0.1, 0.15) is 34.6 Å². The molecule has 0 aromatic heterocycles. The fraction of sp³-hybridized carbons (Fsp3) is 0.632. The second-order valence-electron chi connectivity index (χ2n) is 7.75. The number of nitrogens with zero attached hydrogens (tertiary/aromatic N) is 2. The molecule has 0 saturated carbocycles. The largest absolute Gasteiger partial charge is 0.444 e. The van der Waals surface area contributed by atoms with Crippen LogP contribution in [0.3, 0.4) is 0 Å². The molecule has 1 aliphatic rings. The van der Waals surface area contributed by atoms with Crippen LogP contribution >= 0.6 is 0 Å². The summed E-state index contributed by atoms with van der Waals surface area (Å²) in [5, 5.41) is 3.53. The lowest BCUT2D eigenvalue weighted by Crippen LogP contribution is -2.50. The molecule has 1 aromatic rings. The summed E-state index contributed by atoms with van der Waals surface area (Å²) in [4.78, 5) is 16.3. The van der Waals surface area contributed by atoms with Crippen molar-refractivity contribution in [3.05, 3.63) is 24.3 Å². The molecule has 5 heteroatoms. The number of para-hydroxylation sites is 2. The molecule has 0 unspecified atom stereocenters. The first-order valence-electron chi connectivity index (χ1n) is 8.82. The first kappa shape index (κ1) is 18.4. The van der Waals surface area contributed by atoms with Crippen LogP contribution in [0.4, 0.5) is 16.2 Å². The maximum Gasteiger partial charge on any atom is 0.410 e. The summed E-state index contributed by atoms with van der Waals surface area (Å²) in [5.41, 5.74) is 1.93. The Hall–Kier alpha value is -1.91. The number of piperazine rings is 1. The van der Waals surface area contributed by atoms with Gasteiger partial charge in [0.05, 0.1) is 11.4 Å². The smallest absolute Gasteiger partial charge is 0.410 e. The zero-order valence-corrected chi connectivity index (χ0v) is 15.6. The quantitative estimate of drug-likeness (QED) is 0.910. The molecule has 0 radical (unpaired) electrons. The number of carbonyl (C=O) groups is 1. The Morgan fingerprint density at radius 1 is 1.17 bits per heavy atom. The first-order valence-corrected chi connectivity index (χ1v) is 8.82. The van der Waals surface area contributed by atoms with Crippen LogP contribution in [-0.4, -0.2) is 49.3 Å². The van der Waals surface area contributed by atoms with E-state index in [1.807, 2.05) is 20.8 Å². The molecule has 5 nitrogen and oxygen atoms in total. The highest BCUT2D eigenvalue weighted by Crippen LogP contribution is 2.27. The van der Waals surface area contributed by atoms with Crippen molar-refractivity contribution in [2.45, 2.75) is 40.2 Å². The van der Waals surface area contributed by atoms with E-state index in [4.69, 9.17) is 4.74 Å². The van der Waals surface area contributed by atoms with Crippen molar-refractivity contribution in [1.29, 1.82) is 0 Å². The molecule has 0 atom stereocenters. The number of amides is 1. The monoisotopic (exact) mass is 333 g/mol. The van der Waals surface area contributed by atoms with Crippen LogP contribution in [0.2, 0.25) is 0 Å². The summed E-state index contributed by atoms with van der Waals surface area (Å²) in [5.74, 6) is 0.599. The van der Waals surface area contributed by atoms with Crippen molar-refractivity contribution in [3.8, 4) is 0 Å². The highest BCUT2D eigenvalue weighted by molar-refractivity contribution is 5.72. The van der Waals surface area contributed by atoms with E-state index in [1.54, 1.807) is 4.90 Å². The number of hydrogen-bond donors (Lipinski definition) is 1. The van der Waals surface area contributed by atoms with Gasteiger partial charge in [-0.25, -0.2) is 4.79 Å². The van der Waals surface area contributed by atoms with Gasteiger partial charge in [0.15, 0.2) is 0 Å². The van der Waals surface area contributed by atoms with Crippen LogP contribution in [0, 0.1) is 5.92 Å². The maximum atomic E-state index is 12.2. The van der Waals surface area contributed by atoms with E-state index in [-0.39, 0.29) is 6.09 Å². The van der Waals surface area contributed by atoms with E-state index in [2.05, 4.69) is 48.3 Å². The van der Waals surface area contributed by atoms with Gasteiger partial charge in [-0.15, -0.1) is 0 Å². The number of nitrogens with one attached hydrogen (secondary N) is 1. The molecular formula is C19H31N3O2. The van der Waals surface area contributed by atoms with E-state index >= 15 is 0 Å². The van der Waals surface area contributed by atoms with Crippen LogP contribution < -0.4 is 10.2 Å². The number of ether oxygens (including phenoxy) is 1. The second-order valence-corrected chi connectivity index (χ2v) is 7.75. The third-order valence-electron chi connectivity index (χ3n) is 3.88. The molecule has 1 fully saturated rings. The Bertz CT molecular complexity index is 544. The van der Waals surface area contributed by atoms with Crippen molar-refractivity contribution in [3.63, 3.8) is 0 Å². The molecule has 24 heavy (non-hydrogen) atoms. The Morgan fingerprint density at radius 2 is 1.79 bits per heavy atom. The predicted molar refractivity (Wildman–Crippen MR) is 99.8 cm³/mol. The zero-order valence-electron chi connectivity index (χ0n) is 15.6. The van der Waals surface area contributed by atoms with E-state index in [0.717, 1.165) is 25.3 Å². The van der Waals surface area contributed by atoms with Gasteiger partial charge in [0.2, 0.25) is 0 Å². The van der Waals surface area contributed by atoms with E-state index in [1.165, 1.54) is 5.69 Å². The van der Waals surface area contributed by atoms with Gasteiger partial charge in [0, 0.05) is 32.7 Å². The van der Waals surface area contributed by atoms with Gasteiger partial charge in [-0.3, -0.25) is 0 Å². The molecule has 0 bridgehead atoms. The molecule has 1 saturated heterocycles. The molecule has 1 aliphatic heterocycles. The highest BCUT2D eigenvalue weighted by Gasteiger charge is 2.26. The Kier molecular flexibility index (Phi) is 5.97. The molecule has 1 amide bonds. The van der Waals surface area contributed by atoms with Gasteiger partial charge < -0.3 is 19.9 Å². The molecule has 0 spiro atoms. The van der Waals surface area contributed by atoms with E-state index < -0.39 is 5.60 Å². The third kappa shape index (κ3) is 5.32. The van der Waals surface area contributed by atoms with Crippen LogP contribution in [0.15, 0.2) is 24.3 Å². The third-order valence-corrected chi connectivity index (χ3v) is 3.88. The number of rotatable bonds is 4. The molecule has 1 heterocycles. The maximum absolute atomic E-state index is 12.2. The van der Waals surface area contributed by atoms with E-state index in [9.17, 15) is 4.79 Å². The van der Waals surface area contributed by atoms with Crippen molar-refractivity contribution in [2.24, 2.45) is 5.92 Å². The number of anilines is 2. The van der Waals surface area contributed by atoms with Gasteiger partial charge in [-0.2, -0.15) is 0 Å². The average molecular weight is 333 g/mol. The minimum Gasteiger partial charge on any atom is -0.444 e. The minimum absolute atomic E-state index is 0.214. The summed E-state index contributed by atoms with van der Waals surface area (Å²) >= 11 is 0. The Morgan fingerprint density at radius 3 is 2.38 bits per heavy atom. The Labute approximate surface area is 146 Å². The summed E-state index contributed by atoms with van der Waals surface area (Å²) in [6, 6.07) is 8.39. The van der Waals surface area contributed by atoms with Crippen LogP contribution in [-0.2, 0) is 4.74 Å². The van der Waals surface area contributed by atoms with E-state index in [0.29, 0.717) is 19.0 Å². The fourth-order valence-corrected chi connectivity index (χ4v) is 2.67. The number of benzene rings is 1. The van der Waals surface area contributed by atoms with Gasteiger partial charge in [0.1, 0.15) is 5.60 Å². The van der Waals surface area contributed by atoms with Crippen molar-refractivity contribution in [2.75, 3.05) is 42.9 Å². The van der Waals surface area contributed by atoms with Crippen LogP contribution in [0.5, 0.6) is 0 Å². The molecule has 134 valence electrons. The van der Waals surface area contributed by atoms with Crippen molar-refractivity contribution >= 4 is 17.5 Å². The number of carbonyl (C=O) groups excluding carboxylic acids is 1. The lowest BCUT2D eigenvalue weighted by Gasteiger charge is -2.37.